The summed E-state index contributed by atoms with van der Waals surface area (Å²) in [7, 11) is -2.27. The normalized spacial score (nSPS) is 21.9. The molecule has 2 aliphatic heterocycles. The maximum absolute atomic E-state index is 14.6. The maximum Gasteiger partial charge on any atom is 0.311 e. The Morgan fingerprint density at radius 3 is 2.36 bits per heavy atom. The van der Waals surface area contributed by atoms with E-state index < -0.39 is 54.2 Å². The minimum absolute atomic E-state index is 0.0308. The highest BCUT2D eigenvalue weighted by molar-refractivity contribution is 7.94. The van der Waals surface area contributed by atoms with Crippen molar-refractivity contribution in [3.8, 4) is 6.07 Å². The van der Waals surface area contributed by atoms with Crippen LogP contribution in [0, 0.1) is 23.2 Å². The number of nitriles is 1. The van der Waals surface area contributed by atoms with Gasteiger partial charge in [-0.2, -0.15) is 10.4 Å². The number of ether oxygens (including phenoxy) is 1. The molecule has 3 heterocycles. The van der Waals surface area contributed by atoms with Crippen LogP contribution in [-0.4, -0.2) is 81.2 Å². The van der Waals surface area contributed by atoms with Gasteiger partial charge < -0.3 is 20.3 Å². The Morgan fingerprint density at radius 2 is 1.79 bits per heavy atom. The first kappa shape index (κ1) is 34.6. The Kier molecular flexibility index (Phi) is 8.63. The van der Waals surface area contributed by atoms with Gasteiger partial charge in [-0.15, -0.1) is 0 Å². The smallest absolute Gasteiger partial charge is 0.311 e. The van der Waals surface area contributed by atoms with E-state index in [2.05, 4.69) is 21.8 Å². The quantitative estimate of drug-likeness (QED) is 0.383. The van der Waals surface area contributed by atoms with Crippen LogP contribution in [0.2, 0.25) is 0 Å². The number of rotatable bonds is 9. The number of nitrogens with one attached hydrogen (secondary N) is 2. The second-order valence-electron chi connectivity index (χ2n) is 15.3. The number of fused-ring (bicyclic) bond motifs is 1. The summed E-state index contributed by atoms with van der Waals surface area (Å²) in [5.41, 5.74) is 0.946. The zero-order valence-electron chi connectivity index (χ0n) is 28.6. The third-order valence-electron chi connectivity index (χ3n) is 10.1. The number of benzene rings is 1. The molecule has 1 aliphatic carbocycles. The number of amides is 2. The lowest BCUT2D eigenvalue weighted by molar-refractivity contribution is -0.163. The van der Waals surface area contributed by atoms with E-state index in [9.17, 15) is 22.8 Å². The highest BCUT2D eigenvalue weighted by atomic mass is 32.2. The van der Waals surface area contributed by atoms with E-state index in [1.807, 2.05) is 13.8 Å². The molecule has 3 aliphatic rings. The second-order valence-corrected chi connectivity index (χ2v) is 18.2. The largest absolute Gasteiger partial charge is 0.460 e. The molecule has 1 aromatic heterocycles. The molecule has 0 radical (unpaired) electrons. The van der Waals surface area contributed by atoms with Gasteiger partial charge in [-0.05, 0) is 85.4 Å². The van der Waals surface area contributed by atoms with Gasteiger partial charge in [0.25, 0.3) is 11.8 Å². The average Bonchev–Trinajstić information content (AvgIpc) is 3.59. The van der Waals surface area contributed by atoms with Gasteiger partial charge in [-0.1, -0.05) is 12.1 Å². The Balaban J connectivity index is 1.33. The van der Waals surface area contributed by atoms with Crippen LogP contribution in [0.4, 0.5) is 0 Å². The molecule has 2 amide bonds. The molecule has 2 atom stereocenters. The SMILES string of the molecule is Cn1nc(C(=O)NCc2ccc(C#N)cc2)c2c1C(=O)N(CC1(S(=O)(=O)C(C)(C)C3CNC(C)(C)[C@@H]3C(=O)OC(C)(C)C)CC1)CC2. The molecular weight excluding hydrogens is 620 g/mol. The van der Waals surface area contributed by atoms with E-state index in [1.165, 1.54) is 4.68 Å². The first-order valence-electron chi connectivity index (χ1n) is 16.1. The predicted molar refractivity (Wildman–Crippen MR) is 175 cm³/mol. The molecule has 47 heavy (non-hydrogen) atoms. The van der Waals surface area contributed by atoms with E-state index >= 15 is 0 Å². The van der Waals surface area contributed by atoms with Gasteiger partial charge in [-0.25, -0.2) is 8.42 Å². The van der Waals surface area contributed by atoms with Gasteiger partial charge in [0.05, 0.1) is 27.0 Å². The van der Waals surface area contributed by atoms with Gasteiger partial charge in [0.15, 0.2) is 15.5 Å². The van der Waals surface area contributed by atoms with Crippen molar-refractivity contribution < 1.29 is 27.5 Å². The molecule has 1 saturated heterocycles. The van der Waals surface area contributed by atoms with Crippen molar-refractivity contribution in [1.82, 2.24) is 25.3 Å². The van der Waals surface area contributed by atoms with Gasteiger partial charge in [0.2, 0.25) is 0 Å². The zero-order chi connectivity index (χ0) is 34.7. The number of hydrogen-bond acceptors (Lipinski definition) is 9. The number of nitrogens with zero attached hydrogens (tertiary/aromatic N) is 4. The molecule has 13 heteroatoms. The highest BCUT2D eigenvalue weighted by Gasteiger charge is 2.66. The van der Waals surface area contributed by atoms with Crippen LogP contribution >= 0.6 is 0 Å². The summed E-state index contributed by atoms with van der Waals surface area (Å²) < 4.78 is 33.9. The molecule has 12 nitrogen and oxygen atoms in total. The predicted octanol–water partition coefficient (Wildman–Crippen LogP) is 2.90. The van der Waals surface area contributed by atoms with Crippen LogP contribution < -0.4 is 10.6 Å². The Labute approximate surface area is 277 Å². The molecule has 1 unspecified atom stereocenters. The summed E-state index contributed by atoms with van der Waals surface area (Å²) in [4.78, 5) is 42.0. The van der Waals surface area contributed by atoms with Crippen molar-refractivity contribution in [3.63, 3.8) is 0 Å². The lowest BCUT2D eigenvalue weighted by atomic mass is 9.77. The summed E-state index contributed by atoms with van der Waals surface area (Å²) in [6, 6.07) is 8.94. The number of aryl methyl sites for hydroxylation is 1. The van der Waals surface area contributed by atoms with E-state index in [0.29, 0.717) is 36.9 Å². The fourth-order valence-electron chi connectivity index (χ4n) is 7.20. The monoisotopic (exact) mass is 666 g/mol. The molecule has 2 fully saturated rings. The Morgan fingerprint density at radius 1 is 1.15 bits per heavy atom. The van der Waals surface area contributed by atoms with Crippen LogP contribution in [0.25, 0.3) is 0 Å². The standard InChI is InChI=1S/C34H46N6O6S/c1-31(2,3)46-30(43)25-24(19-37-32(25,4)5)33(6,7)47(44,45)34(14-15-34)20-40-16-13-23-26(38-39(8)27(23)29(40)42)28(41)36-18-22-11-9-21(17-35)10-12-22/h9-12,24-25,37H,13-16,18-20H2,1-8H3,(H,36,41)/t24?,25-/m0/s1. The molecule has 254 valence electrons. The van der Waals surface area contributed by atoms with Crippen molar-refractivity contribution >= 4 is 27.6 Å². The van der Waals surface area contributed by atoms with Crippen LogP contribution in [0.5, 0.6) is 0 Å². The molecule has 0 spiro atoms. The lowest BCUT2D eigenvalue weighted by Gasteiger charge is -2.41. The van der Waals surface area contributed by atoms with E-state index in [1.54, 1.807) is 70.8 Å². The third kappa shape index (κ3) is 6.18. The summed E-state index contributed by atoms with van der Waals surface area (Å²) >= 11 is 0. The van der Waals surface area contributed by atoms with Gasteiger partial charge in [0, 0.05) is 50.2 Å². The summed E-state index contributed by atoms with van der Waals surface area (Å²) in [5.74, 6) is -2.42. The Hall–Kier alpha value is -3.76. The number of carbonyl (C=O) groups is 3. The molecule has 0 bridgehead atoms. The van der Waals surface area contributed by atoms with Crippen molar-refractivity contribution in [3.05, 3.63) is 52.3 Å². The molecule has 5 rings (SSSR count). The molecule has 2 aromatic rings. The molecule has 2 N–H and O–H groups in total. The van der Waals surface area contributed by atoms with Crippen molar-refractivity contribution in [2.24, 2.45) is 18.9 Å². The van der Waals surface area contributed by atoms with Crippen LogP contribution in [0.15, 0.2) is 24.3 Å². The van der Waals surface area contributed by atoms with E-state index in [-0.39, 0.29) is 36.9 Å². The van der Waals surface area contributed by atoms with Gasteiger partial charge in [-0.3, -0.25) is 19.1 Å². The summed E-state index contributed by atoms with van der Waals surface area (Å²) in [5, 5.41) is 19.6. The zero-order valence-corrected chi connectivity index (χ0v) is 29.4. The molecule has 1 aromatic carbocycles. The number of carbonyl (C=O) groups excluding carboxylic acids is 3. The molecule has 1 saturated carbocycles. The fraction of sp³-hybridized carbons (Fsp3) is 0.618. The summed E-state index contributed by atoms with van der Waals surface area (Å²) in [6.45, 7) is 13.5. The van der Waals surface area contributed by atoms with Crippen molar-refractivity contribution in [1.29, 1.82) is 5.26 Å². The van der Waals surface area contributed by atoms with Crippen LogP contribution in [0.3, 0.4) is 0 Å². The maximum atomic E-state index is 14.6. The van der Waals surface area contributed by atoms with Gasteiger partial charge in [0.1, 0.15) is 11.3 Å². The Bertz CT molecular complexity index is 1740. The number of hydrogen-bond donors (Lipinski definition) is 2. The number of sulfone groups is 1. The van der Waals surface area contributed by atoms with E-state index in [0.717, 1.165) is 5.56 Å². The third-order valence-corrected chi connectivity index (χ3v) is 13.4. The first-order chi connectivity index (χ1) is 21.7. The first-order valence-corrected chi connectivity index (χ1v) is 17.6. The van der Waals surface area contributed by atoms with E-state index in [4.69, 9.17) is 10.00 Å². The van der Waals surface area contributed by atoms with Crippen molar-refractivity contribution in [2.75, 3.05) is 19.6 Å². The van der Waals surface area contributed by atoms with Gasteiger partial charge >= 0.3 is 5.97 Å². The summed E-state index contributed by atoms with van der Waals surface area (Å²) in [6.07, 6.45) is 1.20. The lowest BCUT2D eigenvalue weighted by Crippen LogP contribution is -2.55. The average molecular weight is 667 g/mol. The number of aromatic nitrogens is 2. The van der Waals surface area contributed by atoms with Crippen molar-refractivity contribution in [2.45, 2.75) is 94.9 Å². The number of esters is 1. The highest BCUT2D eigenvalue weighted by Crippen LogP contribution is 2.53. The minimum atomic E-state index is -3.87. The minimum Gasteiger partial charge on any atom is -0.460 e. The molecular formula is C34H46N6O6S. The fourth-order valence-corrected chi connectivity index (χ4v) is 9.90. The topological polar surface area (TPSA) is 163 Å². The van der Waals surface area contributed by atoms with Crippen LogP contribution in [0.1, 0.15) is 99.0 Å². The second kappa shape index (κ2) is 11.7. The van der Waals surface area contributed by atoms with Crippen LogP contribution in [-0.2, 0) is 39.4 Å².